The maximum absolute atomic E-state index is 12.2. The largest absolute Gasteiger partial charge is 0.480 e. The Kier molecular flexibility index (Phi) is 7.05. The molecule has 3 amide bonds. The molecular formula is C17H29N3O7. The van der Waals surface area contributed by atoms with Crippen LogP contribution in [-0.2, 0) is 19.1 Å². The first-order valence-electron chi connectivity index (χ1n) is 8.66. The number of carbonyl (C=O) groups excluding carboxylic acids is 3. The Morgan fingerprint density at radius 3 is 2.07 bits per heavy atom. The third-order valence-corrected chi connectivity index (χ3v) is 3.37. The van der Waals surface area contributed by atoms with Crippen LogP contribution in [0.4, 0.5) is 9.59 Å². The average molecular weight is 387 g/mol. The topological polar surface area (TPSA) is 134 Å². The lowest BCUT2D eigenvalue weighted by molar-refractivity contribution is -0.142. The highest BCUT2D eigenvalue weighted by Gasteiger charge is 2.42. The molecule has 1 aliphatic rings. The van der Waals surface area contributed by atoms with E-state index in [1.165, 1.54) is 0 Å². The summed E-state index contributed by atoms with van der Waals surface area (Å²) in [7, 11) is 0. The fourth-order valence-corrected chi connectivity index (χ4v) is 2.44. The van der Waals surface area contributed by atoms with Crippen molar-refractivity contribution in [3.8, 4) is 0 Å². The summed E-state index contributed by atoms with van der Waals surface area (Å²) in [5.41, 5.74) is -1.45. The van der Waals surface area contributed by atoms with Gasteiger partial charge in [0, 0.05) is 19.0 Å². The molecule has 154 valence electrons. The van der Waals surface area contributed by atoms with Crippen molar-refractivity contribution in [1.29, 1.82) is 0 Å². The molecule has 0 spiro atoms. The Balaban J connectivity index is 2.59. The van der Waals surface area contributed by atoms with E-state index in [-0.39, 0.29) is 19.5 Å². The van der Waals surface area contributed by atoms with Crippen LogP contribution in [0.5, 0.6) is 0 Å². The second kappa shape index (κ2) is 8.45. The zero-order chi connectivity index (χ0) is 21.0. The smallest absolute Gasteiger partial charge is 0.411 e. The van der Waals surface area contributed by atoms with Gasteiger partial charge in [-0.15, -0.1) is 0 Å². The predicted molar refractivity (Wildman–Crippen MR) is 95.1 cm³/mol. The monoisotopic (exact) mass is 387 g/mol. The van der Waals surface area contributed by atoms with E-state index in [0.29, 0.717) is 0 Å². The fourth-order valence-electron chi connectivity index (χ4n) is 2.44. The molecule has 2 unspecified atom stereocenters. The molecule has 1 fully saturated rings. The second-order valence-electron chi connectivity index (χ2n) is 8.34. The third-order valence-electron chi connectivity index (χ3n) is 3.37. The first-order valence-corrected chi connectivity index (χ1v) is 8.66. The maximum atomic E-state index is 12.2. The van der Waals surface area contributed by atoms with Gasteiger partial charge >= 0.3 is 18.2 Å². The van der Waals surface area contributed by atoms with Gasteiger partial charge in [-0.25, -0.2) is 14.4 Å². The Hall–Kier alpha value is -2.52. The Labute approximate surface area is 158 Å². The van der Waals surface area contributed by atoms with Crippen molar-refractivity contribution in [2.24, 2.45) is 0 Å². The highest BCUT2D eigenvalue weighted by Crippen LogP contribution is 2.21. The van der Waals surface area contributed by atoms with Gasteiger partial charge in [-0.05, 0) is 41.5 Å². The standard InChI is InChI=1S/C17H29N3O7/c1-16(2,3)26-14(24)18-8-12(21)19-10-7-11(13(22)23)20(9-10)15(25)27-17(4,5)6/h10-11H,7-9H2,1-6H3,(H,18,24)(H,19,21)(H,22,23). The van der Waals surface area contributed by atoms with Gasteiger partial charge in [-0.2, -0.15) is 0 Å². The van der Waals surface area contributed by atoms with E-state index >= 15 is 0 Å². The number of aliphatic carboxylic acids is 1. The molecule has 0 aromatic carbocycles. The maximum Gasteiger partial charge on any atom is 0.411 e. The molecule has 27 heavy (non-hydrogen) atoms. The van der Waals surface area contributed by atoms with Gasteiger partial charge < -0.3 is 25.2 Å². The lowest BCUT2D eigenvalue weighted by atomic mass is 10.1. The molecule has 0 aromatic rings. The van der Waals surface area contributed by atoms with E-state index in [1.54, 1.807) is 41.5 Å². The minimum absolute atomic E-state index is 0.00403. The van der Waals surface area contributed by atoms with Crippen LogP contribution in [0, 0.1) is 0 Å². The summed E-state index contributed by atoms with van der Waals surface area (Å²) in [5, 5.41) is 14.3. The number of carboxylic acids is 1. The molecule has 0 aliphatic carbocycles. The van der Waals surface area contributed by atoms with Crippen molar-refractivity contribution in [3.63, 3.8) is 0 Å². The molecular weight excluding hydrogens is 358 g/mol. The third kappa shape index (κ3) is 8.14. The number of amides is 3. The molecule has 1 aliphatic heterocycles. The number of carbonyl (C=O) groups is 4. The summed E-state index contributed by atoms with van der Waals surface area (Å²) in [6.07, 6.45) is -1.44. The number of likely N-dealkylation sites (tertiary alicyclic amines) is 1. The number of nitrogens with zero attached hydrogens (tertiary/aromatic N) is 1. The average Bonchev–Trinajstić information content (AvgIpc) is 2.85. The van der Waals surface area contributed by atoms with E-state index < -0.39 is 47.3 Å². The number of ether oxygens (including phenoxy) is 2. The molecule has 1 heterocycles. The van der Waals surface area contributed by atoms with Crippen molar-refractivity contribution < 1.29 is 33.8 Å². The number of rotatable bonds is 4. The van der Waals surface area contributed by atoms with Gasteiger partial charge in [0.05, 0.1) is 0 Å². The van der Waals surface area contributed by atoms with Crippen LogP contribution in [0.15, 0.2) is 0 Å². The molecule has 0 aromatic heterocycles. The second-order valence-corrected chi connectivity index (χ2v) is 8.34. The Morgan fingerprint density at radius 2 is 1.59 bits per heavy atom. The Bertz CT molecular complexity index is 592. The lowest BCUT2D eigenvalue weighted by Gasteiger charge is -2.26. The molecule has 1 rings (SSSR count). The summed E-state index contributed by atoms with van der Waals surface area (Å²) in [4.78, 5) is 48.3. The fraction of sp³-hybridized carbons (Fsp3) is 0.765. The molecule has 10 nitrogen and oxygen atoms in total. The minimum Gasteiger partial charge on any atom is -0.480 e. The summed E-state index contributed by atoms with van der Waals surface area (Å²) < 4.78 is 10.2. The first-order chi connectivity index (χ1) is 12.2. The summed E-state index contributed by atoms with van der Waals surface area (Å²) in [6, 6.07) is -1.66. The van der Waals surface area contributed by atoms with E-state index in [4.69, 9.17) is 9.47 Å². The highest BCUT2D eigenvalue weighted by atomic mass is 16.6. The van der Waals surface area contributed by atoms with Crippen LogP contribution in [-0.4, -0.2) is 70.4 Å². The lowest BCUT2D eigenvalue weighted by Crippen LogP contribution is -2.45. The van der Waals surface area contributed by atoms with E-state index in [1.807, 2.05) is 0 Å². The van der Waals surface area contributed by atoms with E-state index in [9.17, 15) is 24.3 Å². The van der Waals surface area contributed by atoms with Crippen LogP contribution >= 0.6 is 0 Å². The molecule has 1 saturated heterocycles. The van der Waals surface area contributed by atoms with Crippen LogP contribution in [0.3, 0.4) is 0 Å². The van der Waals surface area contributed by atoms with Gasteiger partial charge in [-0.1, -0.05) is 0 Å². The van der Waals surface area contributed by atoms with Crippen molar-refractivity contribution in [2.75, 3.05) is 13.1 Å². The van der Waals surface area contributed by atoms with Crippen LogP contribution in [0.2, 0.25) is 0 Å². The van der Waals surface area contributed by atoms with E-state index in [2.05, 4.69) is 10.6 Å². The van der Waals surface area contributed by atoms with Crippen molar-refractivity contribution in [3.05, 3.63) is 0 Å². The molecule has 2 atom stereocenters. The van der Waals surface area contributed by atoms with Gasteiger partial charge in [0.2, 0.25) is 5.91 Å². The quantitative estimate of drug-likeness (QED) is 0.657. The molecule has 10 heteroatoms. The number of carboxylic acid groups (broad SMARTS) is 1. The van der Waals surface area contributed by atoms with Crippen LogP contribution < -0.4 is 10.6 Å². The summed E-state index contributed by atoms with van der Waals surface area (Å²) >= 11 is 0. The van der Waals surface area contributed by atoms with E-state index in [0.717, 1.165) is 4.90 Å². The number of hydrogen-bond donors (Lipinski definition) is 3. The summed E-state index contributed by atoms with van der Waals surface area (Å²) in [5.74, 6) is -1.69. The highest BCUT2D eigenvalue weighted by molar-refractivity contribution is 5.84. The van der Waals surface area contributed by atoms with Gasteiger partial charge in [0.1, 0.15) is 23.8 Å². The van der Waals surface area contributed by atoms with Crippen molar-refractivity contribution >= 4 is 24.1 Å². The van der Waals surface area contributed by atoms with Crippen molar-refractivity contribution in [1.82, 2.24) is 15.5 Å². The van der Waals surface area contributed by atoms with Crippen molar-refractivity contribution in [2.45, 2.75) is 71.2 Å². The molecule has 0 radical (unpaired) electrons. The normalized spacial score (nSPS) is 20.0. The Morgan fingerprint density at radius 1 is 1.04 bits per heavy atom. The number of hydrogen-bond acceptors (Lipinski definition) is 6. The number of nitrogens with one attached hydrogen (secondary N) is 2. The minimum atomic E-state index is -1.18. The molecule has 0 bridgehead atoms. The van der Waals surface area contributed by atoms with Crippen LogP contribution in [0.1, 0.15) is 48.0 Å². The SMILES string of the molecule is CC(C)(C)OC(=O)NCC(=O)NC1CC(C(=O)O)N(C(=O)OC(C)(C)C)C1. The summed E-state index contributed by atoms with van der Waals surface area (Å²) in [6.45, 7) is 9.81. The van der Waals surface area contributed by atoms with Gasteiger partial charge in [-0.3, -0.25) is 9.69 Å². The molecule has 0 saturated carbocycles. The van der Waals surface area contributed by atoms with Crippen LogP contribution in [0.25, 0.3) is 0 Å². The van der Waals surface area contributed by atoms with Gasteiger partial charge in [0.15, 0.2) is 0 Å². The molecule has 3 N–H and O–H groups in total. The van der Waals surface area contributed by atoms with Gasteiger partial charge in [0.25, 0.3) is 0 Å². The zero-order valence-corrected chi connectivity index (χ0v) is 16.6. The first kappa shape index (κ1) is 22.5. The number of alkyl carbamates (subject to hydrolysis) is 1. The predicted octanol–water partition coefficient (Wildman–Crippen LogP) is 1.09. The zero-order valence-electron chi connectivity index (χ0n) is 16.6.